The van der Waals surface area contributed by atoms with Crippen LogP contribution in [0.5, 0.6) is 0 Å². The molecule has 0 atom stereocenters. The Labute approximate surface area is 72.8 Å². The molecule has 0 aromatic carbocycles. The molecule has 1 heterocycles. The molecule has 0 saturated heterocycles. The predicted octanol–water partition coefficient (Wildman–Crippen LogP) is 0.299. The third kappa shape index (κ3) is 2.32. The fourth-order valence-electron chi connectivity index (χ4n) is 1.20. The van der Waals surface area contributed by atoms with Crippen LogP contribution in [0.25, 0.3) is 0 Å². The minimum atomic E-state index is 0.778. The second kappa shape index (κ2) is 4.90. The van der Waals surface area contributed by atoms with Gasteiger partial charge in [0.2, 0.25) is 0 Å². The summed E-state index contributed by atoms with van der Waals surface area (Å²) in [7, 11) is 0. The van der Waals surface area contributed by atoms with Crippen LogP contribution in [0.3, 0.4) is 0 Å². The Morgan fingerprint density at radius 3 is 3.17 bits per heavy atom. The number of hydrogen-bond acceptors (Lipinski definition) is 3. The molecule has 3 N–H and O–H groups in total. The Bertz CT molecular complexity index is 219. The largest absolute Gasteiger partial charge is 0.335 e. The van der Waals surface area contributed by atoms with Crippen LogP contribution in [0.1, 0.15) is 19.2 Å². The van der Waals surface area contributed by atoms with Gasteiger partial charge in [0.25, 0.3) is 0 Å². The maximum Gasteiger partial charge on any atom is 0.109 e. The van der Waals surface area contributed by atoms with Crippen LogP contribution in [-0.4, -0.2) is 16.1 Å². The number of aromatic nitrogens is 2. The highest BCUT2D eigenvalue weighted by Crippen LogP contribution is 1.99. The molecule has 0 aliphatic rings. The van der Waals surface area contributed by atoms with Crippen molar-refractivity contribution in [1.29, 1.82) is 0 Å². The van der Waals surface area contributed by atoms with Gasteiger partial charge >= 0.3 is 0 Å². The van der Waals surface area contributed by atoms with E-state index in [1.165, 1.54) is 0 Å². The first kappa shape index (κ1) is 9.22. The summed E-state index contributed by atoms with van der Waals surface area (Å²) in [5.74, 6) is 6.29. The maximum absolute atomic E-state index is 5.18. The van der Waals surface area contributed by atoms with Crippen molar-refractivity contribution in [2.45, 2.75) is 26.3 Å². The van der Waals surface area contributed by atoms with Crippen molar-refractivity contribution in [1.82, 2.24) is 15.0 Å². The second-order valence-corrected chi connectivity index (χ2v) is 2.74. The zero-order chi connectivity index (χ0) is 8.81. The quantitative estimate of drug-likeness (QED) is 0.491. The minimum absolute atomic E-state index is 0.778. The monoisotopic (exact) mass is 168 g/mol. The molecule has 4 nitrogen and oxygen atoms in total. The fraction of sp³-hybridized carbons (Fsp3) is 0.625. The molecule has 1 rings (SSSR count). The van der Waals surface area contributed by atoms with Gasteiger partial charge in [-0.25, -0.2) is 4.98 Å². The van der Waals surface area contributed by atoms with E-state index in [-0.39, 0.29) is 0 Å². The molecule has 0 bridgehead atoms. The van der Waals surface area contributed by atoms with Crippen molar-refractivity contribution in [2.75, 3.05) is 6.54 Å². The zero-order valence-corrected chi connectivity index (χ0v) is 7.45. The molecule has 0 spiro atoms. The van der Waals surface area contributed by atoms with E-state index in [0.717, 1.165) is 31.8 Å². The summed E-state index contributed by atoms with van der Waals surface area (Å²) in [5.41, 5.74) is 2.62. The number of imidazole rings is 1. The average Bonchev–Trinajstić information content (AvgIpc) is 2.50. The molecule has 68 valence electrons. The van der Waals surface area contributed by atoms with Crippen LogP contribution in [0, 0.1) is 0 Å². The van der Waals surface area contributed by atoms with Gasteiger partial charge in [-0.05, 0) is 6.42 Å². The van der Waals surface area contributed by atoms with E-state index in [9.17, 15) is 0 Å². The second-order valence-electron chi connectivity index (χ2n) is 2.74. The van der Waals surface area contributed by atoms with E-state index in [0.29, 0.717) is 0 Å². The SMILES string of the molecule is CCCn1ccnc1CCNN. The van der Waals surface area contributed by atoms with Gasteiger partial charge < -0.3 is 4.57 Å². The van der Waals surface area contributed by atoms with E-state index >= 15 is 0 Å². The molecule has 0 radical (unpaired) electrons. The van der Waals surface area contributed by atoms with E-state index in [1.807, 2.05) is 12.4 Å². The normalized spacial score (nSPS) is 10.5. The summed E-state index contributed by atoms with van der Waals surface area (Å²) in [6.45, 7) is 3.98. The lowest BCUT2D eigenvalue weighted by atomic mass is 10.4. The van der Waals surface area contributed by atoms with Crippen molar-refractivity contribution >= 4 is 0 Å². The first-order valence-corrected chi connectivity index (χ1v) is 4.32. The van der Waals surface area contributed by atoms with Crippen LogP contribution in [-0.2, 0) is 13.0 Å². The maximum atomic E-state index is 5.18. The summed E-state index contributed by atoms with van der Waals surface area (Å²) in [6.07, 6.45) is 5.87. The number of rotatable bonds is 5. The number of nitrogens with two attached hydrogens (primary N) is 1. The molecule has 0 fully saturated rings. The van der Waals surface area contributed by atoms with Gasteiger partial charge in [0.1, 0.15) is 5.82 Å². The van der Waals surface area contributed by atoms with Gasteiger partial charge in [-0.2, -0.15) is 0 Å². The lowest BCUT2D eigenvalue weighted by Gasteiger charge is -2.04. The average molecular weight is 168 g/mol. The highest BCUT2D eigenvalue weighted by molar-refractivity contribution is 4.92. The lowest BCUT2D eigenvalue weighted by molar-refractivity contribution is 0.615. The smallest absolute Gasteiger partial charge is 0.109 e. The van der Waals surface area contributed by atoms with Crippen molar-refractivity contribution in [3.8, 4) is 0 Å². The van der Waals surface area contributed by atoms with Crippen LogP contribution >= 0.6 is 0 Å². The van der Waals surface area contributed by atoms with Gasteiger partial charge in [0.15, 0.2) is 0 Å². The molecular formula is C8H16N4. The van der Waals surface area contributed by atoms with Gasteiger partial charge in [-0.3, -0.25) is 11.3 Å². The predicted molar refractivity (Wildman–Crippen MR) is 48.4 cm³/mol. The Morgan fingerprint density at radius 1 is 1.67 bits per heavy atom. The first-order chi connectivity index (χ1) is 5.88. The zero-order valence-electron chi connectivity index (χ0n) is 7.45. The molecule has 1 aromatic rings. The van der Waals surface area contributed by atoms with E-state index in [1.54, 1.807) is 0 Å². The van der Waals surface area contributed by atoms with E-state index < -0.39 is 0 Å². The van der Waals surface area contributed by atoms with Crippen LogP contribution in [0.15, 0.2) is 12.4 Å². The molecule has 0 unspecified atom stereocenters. The van der Waals surface area contributed by atoms with E-state index in [2.05, 4.69) is 21.9 Å². The third-order valence-electron chi connectivity index (χ3n) is 1.76. The van der Waals surface area contributed by atoms with Gasteiger partial charge in [0.05, 0.1) is 0 Å². The summed E-state index contributed by atoms with van der Waals surface area (Å²) < 4.78 is 2.16. The Morgan fingerprint density at radius 2 is 2.50 bits per heavy atom. The number of nitrogens with one attached hydrogen (secondary N) is 1. The number of hydrogen-bond donors (Lipinski definition) is 2. The molecule has 12 heavy (non-hydrogen) atoms. The van der Waals surface area contributed by atoms with Crippen LogP contribution in [0.2, 0.25) is 0 Å². The Kier molecular flexibility index (Phi) is 3.76. The standard InChI is InChI=1S/C8H16N4/c1-2-6-12-7-5-10-8(12)3-4-11-9/h5,7,11H,2-4,6,9H2,1H3. The van der Waals surface area contributed by atoms with Crippen molar-refractivity contribution < 1.29 is 0 Å². The highest BCUT2D eigenvalue weighted by Gasteiger charge is 1.99. The van der Waals surface area contributed by atoms with Crippen molar-refractivity contribution in [2.24, 2.45) is 5.84 Å². The molecule has 0 aliphatic heterocycles. The molecule has 1 aromatic heterocycles. The minimum Gasteiger partial charge on any atom is -0.335 e. The molecule has 0 saturated carbocycles. The van der Waals surface area contributed by atoms with Crippen LogP contribution in [0.4, 0.5) is 0 Å². The van der Waals surface area contributed by atoms with Gasteiger partial charge in [-0.15, -0.1) is 0 Å². The highest BCUT2D eigenvalue weighted by atomic mass is 15.2. The molecule has 4 heteroatoms. The summed E-state index contributed by atoms with van der Waals surface area (Å²) >= 11 is 0. The Hall–Kier alpha value is -0.870. The first-order valence-electron chi connectivity index (χ1n) is 4.32. The van der Waals surface area contributed by atoms with E-state index in [4.69, 9.17) is 5.84 Å². The fourth-order valence-corrected chi connectivity index (χ4v) is 1.20. The summed E-state index contributed by atoms with van der Waals surface area (Å²) in [4.78, 5) is 4.24. The van der Waals surface area contributed by atoms with Crippen molar-refractivity contribution in [3.63, 3.8) is 0 Å². The van der Waals surface area contributed by atoms with Crippen LogP contribution < -0.4 is 11.3 Å². The molecule has 0 aliphatic carbocycles. The van der Waals surface area contributed by atoms with Gasteiger partial charge in [-0.1, -0.05) is 6.92 Å². The molecular weight excluding hydrogens is 152 g/mol. The summed E-state index contributed by atoms with van der Waals surface area (Å²) in [5, 5.41) is 0. The Balaban J connectivity index is 2.51. The van der Waals surface area contributed by atoms with Crippen molar-refractivity contribution in [3.05, 3.63) is 18.2 Å². The number of nitrogens with zero attached hydrogens (tertiary/aromatic N) is 2. The number of hydrazine groups is 1. The topological polar surface area (TPSA) is 55.9 Å². The molecule has 0 amide bonds. The summed E-state index contributed by atoms with van der Waals surface area (Å²) in [6, 6.07) is 0. The number of aryl methyl sites for hydroxylation is 1. The van der Waals surface area contributed by atoms with Gasteiger partial charge in [0, 0.05) is 31.9 Å². The lowest BCUT2D eigenvalue weighted by Crippen LogP contribution is -2.25. The third-order valence-corrected chi connectivity index (χ3v) is 1.76.